The lowest BCUT2D eigenvalue weighted by atomic mass is 10.0. The Labute approximate surface area is 134 Å². The minimum absolute atomic E-state index is 0.139. The van der Waals surface area contributed by atoms with Crippen LogP contribution in [0.3, 0.4) is 0 Å². The molecule has 2 rings (SSSR count). The van der Waals surface area contributed by atoms with E-state index in [2.05, 4.69) is 38.3 Å². The van der Waals surface area contributed by atoms with Crippen molar-refractivity contribution in [1.29, 1.82) is 0 Å². The van der Waals surface area contributed by atoms with Crippen molar-refractivity contribution in [2.75, 3.05) is 24.5 Å². The van der Waals surface area contributed by atoms with Crippen molar-refractivity contribution in [3.8, 4) is 0 Å². The second-order valence-electron chi connectivity index (χ2n) is 5.83. The van der Waals surface area contributed by atoms with Crippen LogP contribution in [-0.4, -0.2) is 30.9 Å². The van der Waals surface area contributed by atoms with Crippen LogP contribution in [0.2, 0.25) is 5.02 Å². The summed E-state index contributed by atoms with van der Waals surface area (Å²) in [7, 11) is 0. The molecule has 1 aromatic rings. The first kappa shape index (κ1) is 17.5. The van der Waals surface area contributed by atoms with E-state index in [1.165, 1.54) is 5.69 Å². The number of hydrogen-bond acceptors (Lipinski definition) is 3. The van der Waals surface area contributed by atoms with Crippen LogP contribution in [-0.2, 0) is 4.79 Å². The molecule has 1 heterocycles. The van der Waals surface area contributed by atoms with Gasteiger partial charge in [-0.2, -0.15) is 0 Å². The van der Waals surface area contributed by atoms with E-state index in [0.29, 0.717) is 4.95 Å². The van der Waals surface area contributed by atoms with Gasteiger partial charge in [-0.25, -0.2) is 0 Å². The van der Waals surface area contributed by atoms with Crippen molar-refractivity contribution in [1.82, 2.24) is 5.32 Å². The number of benzene rings is 1. The summed E-state index contributed by atoms with van der Waals surface area (Å²) >= 11 is 9.40. The third-order valence-electron chi connectivity index (χ3n) is 2.67. The minimum Gasteiger partial charge on any atom is -0.368 e. The molecule has 1 aliphatic heterocycles. The van der Waals surface area contributed by atoms with Gasteiger partial charge in [-0.3, -0.25) is 0 Å². The van der Waals surface area contributed by atoms with E-state index in [0.717, 1.165) is 30.9 Å². The zero-order valence-electron chi connectivity index (χ0n) is 12.2. The molecule has 0 aromatic heterocycles. The number of hydrogen-bond donors (Lipinski definition) is 1. The highest BCUT2D eigenvalue weighted by molar-refractivity contribution is 9.09. The van der Waals surface area contributed by atoms with E-state index in [4.69, 9.17) is 11.6 Å². The number of halogens is 2. The predicted octanol–water partition coefficient (Wildman–Crippen LogP) is 3.70. The third-order valence-corrected chi connectivity index (χ3v) is 3.54. The summed E-state index contributed by atoms with van der Waals surface area (Å²) in [4.78, 5) is 12.5. The lowest BCUT2D eigenvalue weighted by Crippen LogP contribution is -2.47. The molecule has 1 aliphatic rings. The lowest BCUT2D eigenvalue weighted by Gasteiger charge is -2.32. The first-order valence-electron chi connectivity index (χ1n) is 6.66. The molecule has 0 spiro atoms. The average Bonchev–Trinajstić information content (AvgIpc) is 2.39. The molecule has 1 aromatic carbocycles. The first-order chi connectivity index (χ1) is 9.31. The molecule has 1 saturated heterocycles. The fraction of sp³-hybridized carbons (Fsp3) is 0.533. The van der Waals surface area contributed by atoms with E-state index in [9.17, 15) is 4.79 Å². The van der Waals surface area contributed by atoms with Crippen molar-refractivity contribution in [2.45, 2.75) is 25.7 Å². The van der Waals surface area contributed by atoms with Gasteiger partial charge in [0, 0.05) is 35.8 Å². The summed E-state index contributed by atoms with van der Waals surface area (Å²) in [5.41, 5.74) is 1.10. The Morgan fingerprint density at radius 1 is 1.35 bits per heavy atom. The van der Waals surface area contributed by atoms with Crippen LogP contribution in [0.15, 0.2) is 24.3 Å². The van der Waals surface area contributed by atoms with Crippen molar-refractivity contribution in [3.05, 3.63) is 29.3 Å². The third kappa shape index (κ3) is 6.73. The molecule has 3 nitrogen and oxygen atoms in total. The van der Waals surface area contributed by atoms with Crippen LogP contribution in [0.1, 0.15) is 20.8 Å². The second kappa shape index (κ2) is 8.01. The molecule has 112 valence electrons. The fourth-order valence-electron chi connectivity index (χ4n) is 1.59. The van der Waals surface area contributed by atoms with Gasteiger partial charge < -0.3 is 15.0 Å². The lowest BCUT2D eigenvalue weighted by molar-refractivity contribution is -0.113. The Hall–Kier alpha value is -0.580. The molecule has 0 aliphatic carbocycles. The largest absolute Gasteiger partial charge is 0.368 e. The summed E-state index contributed by atoms with van der Waals surface area (Å²) in [6.45, 7) is 8.67. The summed E-state index contributed by atoms with van der Waals surface area (Å²) in [5, 5.41) is 4.13. The van der Waals surface area contributed by atoms with Gasteiger partial charge in [0.1, 0.15) is 6.29 Å². The SMILES string of the molecule is CC(C)(C)C=O.Clc1ccc(N2CCNC(Br)C2)cc1. The Kier molecular flexibility index (Phi) is 7.00. The Balaban J connectivity index is 0.000000286. The topological polar surface area (TPSA) is 32.3 Å². The van der Waals surface area contributed by atoms with Gasteiger partial charge in [0.05, 0.1) is 4.95 Å². The van der Waals surface area contributed by atoms with Crippen LogP contribution in [0, 0.1) is 5.41 Å². The number of anilines is 1. The number of nitrogens with zero attached hydrogens (tertiary/aromatic N) is 1. The van der Waals surface area contributed by atoms with Crippen LogP contribution in [0.25, 0.3) is 0 Å². The standard InChI is InChI=1S/C10H12BrClN2.C5H10O/c11-10-7-14(6-5-13-10)9-3-1-8(12)2-4-9;1-5(2,3)4-6/h1-4,10,13H,5-7H2;4H,1-3H3. The van der Waals surface area contributed by atoms with E-state index in [1.54, 1.807) is 0 Å². The number of aldehydes is 1. The van der Waals surface area contributed by atoms with Crippen LogP contribution in [0.5, 0.6) is 0 Å². The minimum atomic E-state index is -0.139. The molecular weight excluding hydrogens is 340 g/mol. The Bertz CT molecular complexity index is 417. The van der Waals surface area contributed by atoms with Gasteiger partial charge >= 0.3 is 0 Å². The average molecular weight is 362 g/mol. The molecule has 1 atom stereocenters. The summed E-state index contributed by atoms with van der Waals surface area (Å²) in [5.74, 6) is 0. The van der Waals surface area contributed by atoms with Gasteiger partial charge in [-0.1, -0.05) is 48.3 Å². The number of nitrogens with one attached hydrogen (secondary N) is 1. The summed E-state index contributed by atoms with van der Waals surface area (Å²) in [6, 6.07) is 7.99. The van der Waals surface area contributed by atoms with Gasteiger partial charge in [0.25, 0.3) is 0 Å². The summed E-state index contributed by atoms with van der Waals surface area (Å²) in [6.07, 6.45) is 0.938. The molecule has 5 heteroatoms. The van der Waals surface area contributed by atoms with E-state index < -0.39 is 0 Å². The van der Waals surface area contributed by atoms with Crippen LogP contribution in [0.4, 0.5) is 5.69 Å². The first-order valence-corrected chi connectivity index (χ1v) is 7.95. The number of carbonyl (C=O) groups excluding carboxylic acids is 1. The van der Waals surface area contributed by atoms with E-state index in [-0.39, 0.29) is 5.41 Å². The maximum absolute atomic E-state index is 9.83. The zero-order valence-corrected chi connectivity index (χ0v) is 14.5. The maximum Gasteiger partial charge on any atom is 0.125 e. The molecule has 20 heavy (non-hydrogen) atoms. The number of rotatable bonds is 1. The molecule has 1 N–H and O–H groups in total. The van der Waals surface area contributed by atoms with Crippen LogP contribution >= 0.6 is 27.5 Å². The molecule has 0 amide bonds. The molecule has 0 bridgehead atoms. The number of piperazine rings is 1. The molecule has 0 radical (unpaired) electrons. The highest BCUT2D eigenvalue weighted by Crippen LogP contribution is 2.19. The van der Waals surface area contributed by atoms with Gasteiger partial charge in [0.15, 0.2) is 0 Å². The van der Waals surface area contributed by atoms with E-state index in [1.807, 2.05) is 32.9 Å². The highest BCUT2D eigenvalue weighted by atomic mass is 79.9. The molecule has 1 fully saturated rings. The van der Waals surface area contributed by atoms with Gasteiger partial charge in [-0.05, 0) is 24.3 Å². The normalized spacial score (nSPS) is 19.1. The smallest absolute Gasteiger partial charge is 0.125 e. The molecular formula is C15H22BrClN2O. The maximum atomic E-state index is 9.83. The van der Waals surface area contributed by atoms with Crippen LogP contribution < -0.4 is 10.2 Å². The predicted molar refractivity (Wildman–Crippen MR) is 89.9 cm³/mol. The second-order valence-corrected chi connectivity index (χ2v) is 7.37. The molecule has 1 unspecified atom stereocenters. The number of alkyl halides is 1. The summed E-state index contributed by atoms with van der Waals surface area (Å²) < 4.78 is 0. The quantitative estimate of drug-likeness (QED) is 0.470. The number of carbonyl (C=O) groups is 1. The van der Waals surface area contributed by atoms with Crippen molar-refractivity contribution >= 4 is 39.5 Å². The van der Waals surface area contributed by atoms with Crippen molar-refractivity contribution in [2.24, 2.45) is 5.41 Å². The fourth-order valence-corrected chi connectivity index (χ4v) is 2.30. The van der Waals surface area contributed by atoms with Gasteiger partial charge in [-0.15, -0.1) is 0 Å². The van der Waals surface area contributed by atoms with Gasteiger partial charge in [0.2, 0.25) is 0 Å². The Morgan fingerprint density at radius 3 is 2.35 bits per heavy atom. The zero-order chi connectivity index (χ0) is 15.2. The van der Waals surface area contributed by atoms with Crippen molar-refractivity contribution in [3.63, 3.8) is 0 Å². The van der Waals surface area contributed by atoms with E-state index >= 15 is 0 Å². The Morgan fingerprint density at radius 2 is 1.90 bits per heavy atom. The monoisotopic (exact) mass is 360 g/mol. The highest BCUT2D eigenvalue weighted by Gasteiger charge is 2.16. The molecule has 0 saturated carbocycles. The van der Waals surface area contributed by atoms with Crippen molar-refractivity contribution < 1.29 is 4.79 Å².